The van der Waals surface area contributed by atoms with Crippen LogP contribution in [0.1, 0.15) is 33.1 Å². The third-order valence-electron chi connectivity index (χ3n) is 2.21. The Hall–Kier alpha value is -0.990. The smallest absolute Gasteiger partial charge is 0.315 e. The average Bonchev–Trinajstić information content (AvgIpc) is 1.96. The molecule has 0 radical (unpaired) electrons. The Balaban J connectivity index is 2.06. The zero-order valence-electron chi connectivity index (χ0n) is 8.39. The highest BCUT2D eigenvalue weighted by atomic mass is 16.2. The normalized spacial score (nSPS) is 15.8. The zero-order chi connectivity index (χ0) is 9.68. The van der Waals surface area contributed by atoms with E-state index in [4.69, 9.17) is 0 Å². The van der Waals surface area contributed by atoms with Crippen LogP contribution in [0.2, 0.25) is 0 Å². The van der Waals surface area contributed by atoms with Crippen molar-refractivity contribution in [3.8, 4) is 0 Å². The van der Waals surface area contributed by atoms with Crippen molar-refractivity contribution < 1.29 is 4.79 Å². The van der Waals surface area contributed by atoms with Gasteiger partial charge in [0, 0.05) is 12.6 Å². The Morgan fingerprint density at radius 2 is 2.15 bits per heavy atom. The molecule has 1 aliphatic rings. The first-order valence-corrected chi connectivity index (χ1v) is 4.86. The summed E-state index contributed by atoms with van der Waals surface area (Å²) in [5.41, 5.74) is 1.23. The Labute approximate surface area is 79.6 Å². The highest BCUT2D eigenvalue weighted by molar-refractivity contribution is 5.74. The maximum absolute atomic E-state index is 11.2. The van der Waals surface area contributed by atoms with Crippen LogP contribution < -0.4 is 10.6 Å². The number of allylic oxidation sites excluding steroid dienone is 1. The van der Waals surface area contributed by atoms with Crippen molar-refractivity contribution in [2.45, 2.75) is 39.2 Å². The Kier molecular flexibility index (Phi) is 3.80. The molecule has 13 heavy (non-hydrogen) atoms. The van der Waals surface area contributed by atoms with Crippen LogP contribution in [0.5, 0.6) is 0 Å². The van der Waals surface area contributed by atoms with Gasteiger partial charge in [-0.05, 0) is 33.1 Å². The molecule has 0 heterocycles. The van der Waals surface area contributed by atoms with E-state index in [0.29, 0.717) is 12.6 Å². The van der Waals surface area contributed by atoms with Crippen molar-refractivity contribution >= 4 is 6.03 Å². The molecule has 0 aromatic heterocycles. The van der Waals surface area contributed by atoms with Crippen LogP contribution in [0, 0.1) is 0 Å². The number of nitrogens with one attached hydrogen (secondary N) is 2. The predicted octanol–water partition coefficient (Wildman–Crippen LogP) is 1.80. The number of amides is 2. The molecule has 2 N–H and O–H groups in total. The monoisotopic (exact) mass is 182 g/mol. The summed E-state index contributed by atoms with van der Waals surface area (Å²) < 4.78 is 0. The lowest BCUT2D eigenvalue weighted by Crippen LogP contribution is -2.45. The molecule has 0 unspecified atom stereocenters. The molecular formula is C10H18N2O. The van der Waals surface area contributed by atoms with E-state index >= 15 is 0 Å². The van der Waals surface area contributed by atoms with E-state index in [1.165, 1.54) is 12.0 Å². The lowest BCUT2D eigenvalue weighted by atomic mass is 9.93. The van der Waals surface area contributed by atoms with Crippen LogP contribution in [0.15, 0.2) is 11.6 Å². The number of carbonyl (C=O) groups excluding carboxylic acids is 1. The van der Waals surface area contributed by atoms with Crippen LogP contribution in [-0.4, -0.2) is 18.6 Å². The van der Waals surface area contributed by atoms with Crippen molar-refractivity contribution in [2.75, 3.05) is 6.54 Å². The molecule has 3 nitrogen and oxygen atoms in total. The minimum atomic E-state index is -0.0396. The maximum atomic E-state index is 11.2. The second kappa shape index (κ2) is 4.90. The molecule has 0 atom stereocenters. The van der Waals surface area contributed by atoms with Gasteiger partial charge in [-0.25, -0.2) is 4.79 Å². The Morgan fingerprint density at radius 1 is 1.46 bits per heavy atom. The molecule has 0 bridgehead atoms. The summed E-state index contributed by atoms with van der Waals surface area (Å²) >= 11 is 0. The molecule has 0 aromatic rings. The average molecular weight is 182 g/mol. The van der Waals surface area contributed by atoms with Gasteiger partial charge in [-0.1, -0.05) is 11.6 Å². The topological polar surface area (TPSA) is 41.1 Å². The van der Waals surface area contributed by atoms with Crippen molar-refractivity contribution in [1.82, 2.24) is 10.6 Å². The van der Waals surface area contributed by atoms with Crippen LogP contribution in [0.4, 0.5) is 4.79 Å². The third-order valence-corrected chi connectivity index (χ3v) is 2.21. The quantitative estimate of drug-likeness (QED) is 0.642. The van der Waals surface area contributed by atoms with Crippen LogP contribution >= 0.6 is 0 Å². The summed E-state index contributed by atoms with van der Waals surface area (Å²) in [4.78, 5) is 11.2. The first-order chi connectivity index (χ1) is 6.18. The van der Waals surface area contributed by atoms with Gasteiger partial charge in [-0.2, -0.15) is 0 Å². The summed E-state index contributed by atoms with van der Waals surface area (Å²) in [5.74, 6) is 0. The van der Waals surface area contributed by atoms with Crippen molar-refractivity contribution in [3.05, 3.63) is 11.6 Å². The summed E-state index contributed by atoms with van der Waals surface area (Å²) in [7, 11) is 0. The summed E-state index contributed by atoms with van der Waals surface area (Å²) in [5, 5.41) is 5.70. The van der Waals surface area contributed by atoms with E-state index in [0.717, 1.165) is 12.8 Å². The lowest BCUT2D eigenvalue weighted by Gasteiger charge is -2.26. The van der Waals surface area contributed by atoms with Gasteiger partial charge in [0.25, 0.3) is 0 Å². The highest BCUT2D eigenvalue weighted by Gasteiger charge is 2.18. The molecule has 0 saturated heterocycles. The number of hydrogen-bond donors (Lipinski definition) is 2. The maximum Gasteiger partial charge on any atom is 0.315 e. The number of urea groups is 1. The molecule has 2 amide bonds. The minimum Gasteiger partial charge on any atom is -0.335 e. The highest BCUT2D eigenvalue weighted by Crippen LogP contribution is 2.17. The molecule has 1 saturated carbocycles. The van der Waals surface area contributed by atoms with E-state index in [-0.39, 0.29) is 6.03 Å². The summed E-state index contributed by atoms with van der Waals surface area (Å²) in [6.45, 7) is 4.66. The van der Waals surface area contributed by atoms with Crippen molar-refractivity contribution in [2.24, 2.45) is 0 Å². The Bertz CT molecular complexity index is 203. The first kappa shape index (κ1) is 10.1. The zero-order valence-corrected chi connectivity index (χ0v) is 8.39. The molecule has 1 aliphatic carbocycles. The number of carbonyl (C=O) groups is 1. The second-order valence-electron chi connectivity index (χ2n) is 3.76. The molecule has 74 valence electrons. The van der Waals surface area contributed by atoms with Gasteiger partial charge >= 0.3 is 6.03 Å². The van der Waals surface area contributed by atoms with Crippen LogP contribution in [0.3, 0.4) is 0 Å². The molecule has 3 heteroatoms. The molecule has 1 rings (SSSR count). The number of rotatable bonds is 3. The minimum absolute atomic E-state index is 0.0396. The fourth-order valence-corrected chi connectivity index (χ4v) is 1.14. The van der Waals surface area contributed by atoms with Crippen molar-refractivity contribution in [3.63, 3.8) is 0 Å². The van der Waals surface area contributed by atoms with Gasteiger partial charge in [0.05, 0.1) is 0 Å². The first-order valence-electron chi connectivity index (χ1n) is 4.86. The third kappa shape index (κ3) is 3.97. The van der Waals surface area contributed by atoms with Gasteiger partial charge < -0.3 is 10.6 Å². The van der Waals surface area contributed by atoms with Crippen molar-refractivity contribution in [1.29, 1.82) is 0 Å². The largest absolute Gasteiger partial charge is 0.335 e. The van der Waals surface area contributed by atoms with E-state index < -0.39 is 0 Å². The van der Waals surface area contributed by atoms with Gasteiger partial charge in [-0.3, -0.25) is 0 Å². The van der Waals surface area contributed by atoms with Gasteiger partial charge in [-0.15, -0.1) is 0 Å². The van der Waals surface area contributed by atoms with Crippen LogP contribution in [-0.2, 0) is 0 Å². The van der Waals surface area contributed by atoms with Crippen LogP contribution in [0.25, 0.3) is 0 Å². The Morgan fingerprint density at radius 3 is 2.62 bits per heavy atom. The molecule has 0 spiro atoms. The fraction of sp³-hybridized carbons (Fsp3) is 0.700. The van der Waals surface area contributed by atoms with E-state index in [1.54, 1.807) is 0 Å². The molecular weight excluding hydrogens is 164 g/mol. The van der Waals surface area contributed by atoms with E-state index in [9.17, 15) is 4.79 Å². The molecule has 0 aromatic carbocycles. The molecule has 1 fully saturated rings. The van der Waals surface area contributed by atoms with E-state index in [2.05, 4.69) is 10.6 Å². The number of hydrogen-bond acceptors (Lipinski definition) is 1. The summed E-state index contributed by atoms with van der Waals surface area (Å²) in [6, 6.07) is 0.383. The summed E-state index contributed by atoms with van der Waals surface area (Å²) in [6.07, 6.45) is 5.52. The standard InChI is InChI=1S/C10H18N2O/c1-8(2)6-7-11-10(13)12-9-4-3-5-9/h6,9H,3-5,7H2,1-2H3,(H2,11,12,13). The molecule has 0 aliphatic heterocycles. The predicted molar refractivity (Wildman–Crippen MR) is 53.6 cm³/mol. The lowest BCUT2D eigenvalue weighted by molar-refractivity contribution is 0.229. The van der Waals surface area contributed by atoms with E-state index in [1.807, 2.05) is 19.9 Å². The van der Waals surface area contributed by atoms with Gasteiger partial charge in [0.1, 0.15) is 0 Å². The second-order valence-corrected chi connectivity index (χ2v) is 3.76. The SMILES string of the molecule is CC(C)=CCNC(=O)NC1CCC1. The van der Waals surface area contributed by atoms with Gasteiger partial charge in [0.15, 0.2) is 0 Å². The fourth-order valence-electron chi connectivity index (χ4n) is 1.14. The van der Waals surface area contributed by atoms with Gasteiger partial charge in [0.2, 0.25) is 0 Å².